The Morgan fingerprint density at radius 3 is 2.36 bits per heavy atom. The largest absolute Gasteiger partial charge is 0.345 e. The second-order valence-electron chi connectivity index (χ2n) is 5.28. The van der Waals surface area contributed by atoms with Gasteiger partial charge in [0.2, 0.25) is 0 Å². The van der Waals surface area contributed by atoms with E-state index in [1.807, 2.05) is 19.9 Å². The summed E-state index contributed by atoms with van der Waals surface area (Å²) >= 11 is 1.37. The average molecular weight is 361 g/mol. The molecule has 0 radical (unpaired) electrons. The summed E-state index contributed by atoms with van der Waals surface area (Å²) < 4.78 is 0. The van der Waals surface area contributed by atoms with Crippen molar-refractivity contribution in [3.8, 4) is 6.07 Å². The Labute approximate surface area is 152 Å². The van der Waals surface area contributed by atoms with Crippen molar-refractivity contribution in [2.24, 2.45) is 4.99 Å². The van der Waals surface area contributed by atoms with Gasteiger partial charge in [0.05, 0.1) is 11.6 Å². The molecule has 1 aromatic carbocycles. The van der Waals surface area contributed by atoms with E-state index in [4.69, 9.17) is 5.26 Å². The normalized spacial score (nSPS) is 10.8. The van der Waals surface area contributed by atoms with Crippen LogP contribution >= 0.6 is 11.8 Å². The van der Waals surface area contributed by atoms with E-state index in [-0.39, 0.29) is 6.03 Å². The summed E-state index contributed by atoms with van der Waals surface area (Å²) in [5.74, 6) is 0.750. The minimum Gasteiger partial charge on any atom is -0.329 e. The smallest absolute Gasteiger partial charge is 0.329 e. The number of hydrogen-bond donors (Lipinski definition) is 1. The van der Waals surface area contributed by atoms with Crippen LogP contribution in [0.15, 0.2) is 29.3 Å². The monoisotopic (exact) mass is 361 g/mol. The maximum Gasteiger partial charge on any atom is 0.345 e. The zero-order valence-electron chi connectivity index (χ0n) is 14.9. The lowest BCUT2D eigenvalue weighted by Crippen LogP contribution is -2.39. The molecular formula is C17H23N5O2S. The number of amides is 4. The highest BCUT2D eigenvalue weighted by atomic mass is 32.2. The van der Waals surface area contributed by atoms with Crippen molar-refractivity contribution >= 4 is 34.7 Å². The highest BCUT2D eigenvalue weighted by Crippen LogP contribution is 2.15. The van der Waals surface area contributed by atoms with Gasteiger partial charge >= 0.3 is 12.1 Å². The molecule has 25 heavy (non-hydrogen) atoms. The third-order valence-corrected chi connectivity index (χ3v) is 4.25. The van der Waals surface area contributed by atoms with Crippen molar-refractivity contribution in [3.63, 3.8) is 0 Å². The average Bonchev–Trinajstić information content (AvgIpc) is 2.60. The van der Waals surface area contributed by atoms with Crippen LogP contribution in [-0.4, -0.2) is 53.4 Å². The maximum absolute atomic E-state index is 12.6. The molecule has 1 N–H and O–H groups in total. The zero-order chi connectivity index (χ0) is 18.8. The van der Waals surface area contributed by atoms with Gasteiger partial charge in [-0.1, -0.05) is 18.7 Å². The maximum atomic E-state index is 12.6. The fourth-order valence-corrected chi connectivity index (χ4v) is 2.63. The van der Waals surface area contributed by atoms with Crippen molar-refractivity contribution in [2.45, 2.75) is 20.3 Å². The molecule has 1 aromatic rings. The first-order valence-corrected chi connectivity index (χ1v) is 8.92. The molecule has 0 unspecified atom stereocenters. The summed E-state index contributed by atoms with van der Waals surface area (Å²) in [7, 11) is 3.22. The van der Waals surface area contributed by atoms with Gasteiger partial charge < -0.3 is 10.2 Å². The lowest BCUT2D eigenvalue weighted by molar-refractivity contribution is 0.226. The molecule has 0 saturated carbocycles. The zero-order valence-corrected chi connectivity index (χ0v) is 15.8. The second kappa shape index (κ2) is 10.4. The minimum absolute atomic E-state index is 0.370. The first-order valence-electron chi connectivity index (χ1n) is 7.94. The third-order valence-electron chi connectivity index (χ3n) is 3.07. The number of nitrogens with one attached hydrogen (secondary N) is 1. The van der Waals surface area contributed by atoms with Crippen LogP contribution in [0.3, 0.4) is 0 Å². The van der Waals surface area contributed by atoms with E-state index in [0.29, 0.717) is 23.0 Å². The van der Waals surface area contributed by atoms with Gasteiger partial charge in [-0.3, -0.25) is 4.90 Å². The number of nitrogens with zero attached hydrogens (tertiary/aromatic N) is 4. The Kier molecular flexibility index (Phi) is 8.50. The highest BCUT2D eigenvalue weighted by molar-refractivity contribution is 8.13. The van der Waals surface area contributed by atoms with Crippen molar-refractivity contribution in [1.82, 2.24) is 9.80 Å². The molecule has 134 valence electrons. The van der Waals surface area contributed by atoms with Crippen LogP contribution in [0.5, 0.6) is 0 Å². The molecule has 0 spiro atoms. The molecule has 0 fully saturated rings. The number of amidine groups is 1. The molecule has 0 aliphatic heterocycles. The van der Waals surface area contributed by atoms with E-state index in [9.17, 15) is 9.59 Å². The number of rotatable bonds is 4. The van der Waals surface area contributed by atoms with E-state index < -0.39 is 6.03 Å². The minimum atomic E-state index is -0.414. The lowest BCUT2D eigenvalue weighted by Gasteiger charge is -2.23. The molecule has 1 rings (SSSR count). The Morgan fingerprint density at radius 1 is 1.24 bits per heavy atom. The van der Waals surface area contributed by atoms with Crippen molar-refractivity contribution in [2.75, 3.05) is 31.7 Å². The van der Waals surface area contributed by atoms with E-state index in [1.165, 1.54) is 21.6 Å². The molecule has 7 nitrogen and oxygen atoms in total. The fourth-order valence-electron chi connectivity index (χ4n) is 1.73. The van der Waals surface area contributed by atoms with Gasteiger partial charge in [-0.2, -0.15) is 10.3 Å². The summed E-state index contributed by atoms with van der Waals surface area (Å²) in [6.45, 7) is 4.21. The Balaban J connectivity index is 2.97. The van der Waals surface area contributed by atoms with Crippen molar-refractivity contribution < 1.29 is 9.59 Å². The van der Waals surface area contributed by atoms with Gasteiger partial charge in [0.1, 0.15) is 0 Å². The van der Waals surface area contributed by atoms with Crippen LogP contribution in [0.1, 0.15) is 25.8 Å². The van der Waals surface area contributed by atoms with Gasteiger partial charge in [0.25, 0.3) is 0 Å². The number of benzene rings is 1. The number of thioether (sulfide) groups is 1. The molecule has 0 heterocycles. The first kappa shape index (κ1) is 20.5. The van der Waals surface area contributed by atoms with Crippen LogP contribution in [0, 0.1) is 11.3 Å². The van der Waals surface area contributed by atoms with E-state index in [2.05, 4.69) is 10.3 Å². The second-order valence-corrected chi connectivity index (χ2v) is 6.35. The lowest BCUT2D eigenvalue weighted by atomic mass is 10.2. The fraction of sp³-hybridized carbons (Fsp3) is 0.412. The van der Waals surface area contributed by atoms with Crippen LogP contribution in [0.25, 0.3) is 0 Å². The summed E-state index contributed by atoms with van der Waals surface area (Å²) in [6, 6.07) is 7.81. The molecular weight excluding hydrogens is 338 g/mol. The van der Waals surface area contributed by atoms with E-state index in [1.54, 1.807) is 38.4 Å². The van der Waals surface area contributed by atoms with Crippen molar-refractivity contribution in [3.05, 3.63) is 29.8 Å². The van der Waals surface area contributed by atoms with Gasteiger partial charge in [0.15, 0.2) is 5.17 Å². The summed E-state index contributed by atoms with van der Waals surface area (Å²) in [6.07, 6.45) is 0.897. The van der Waals surface area contributed by atoms with Crippen LogP contribution in [0.4, 0.5) is 15.3 Å². The van der Waals surface area contributed by atoms with Crippen LogP contribution in [0.2, 0.25) is 0 Å². The Morgan fingerprint density at radius 2 is 1.88 bits per heavy atom. The topological polar surface area (TPSA) is 88.8 Å². The molecule has 4 amide bonds. The SMILES string of the molecule is CCCSC(=NC(=O)N(C)C)N(CC)C(=O)Nc1ccc(C#N)cc1. The molecule has 0 aliphatic carbocycles. The molecule has 0 bridgehead atoms. The summed E-state index contributed by atoms with van der Waals surface area (Å²) in [5, 5.41) is 12.0. The number of carbonyl (C=O) groups is 2. The molecule has 0 aromatic heterocycles. The number of anilines is 1. The van der Waals surface area contributed by atoms with Crippen LogP contribution < -0.4 is 5.32 Å². The van der Waals surface area contributed by atoms with E-state index >= 15 is 0 Å². The summed E-state index contributed by atoms with van der Waals surface area (Å²) in [5.41, 5.74) is 1.09. The predicted octanol–water partition coefficient (Wildman–Crippen LogP) is 3.59. The van der Waals surface area contributed by atoms with Gasteiger partial charge in [0, 0.05) is 32.1 Å². The number of nitriles is 1. The number of hydrogen-bond acceptors (Lipinski definition) is 4. The van der Waals surface area contributed by atoms with Crippen molar-refractivity contribution in [1.29, 1.82) is 5.26 Å². The molecule has 0 aliphatic rings. The highest BCUT2D eigenvalue weighted by Gasteiger charge is 2.20. The van der Waals surface area contributed by atoms with Gasteiger partial charge in [-0.25, -0.2) is 9.59 Å². The van der Waals surface area contributed by atoms with Crippen LogP contribution in [-0.2, 0) is 0 Å². The summed E-state index contributed by atoms with van der Waals surface area (Å²) in [4.78, 5) is 31.4. The van der Waals surface area contributed by atoms with E-state index in [0.717, 1.165) is 12.2 Å². The number of carbonyl (C=O) groups excluding carboxylic acids is 2. The molecule has 0 saturated heterocycles. The molecule has 0 atom stereocenters. The molecule has 8 heteroatoms. The standard InChI is InChI=1S/C17H23N5O2S/c1-5-11-25-17(20-15(23)21(3)4)22(6-2)16(24)19-14-9-7-13(12-18)8-10-14/h7-10H,5-6,11H2,1-4H3,(H,19,24). The first-order chi connectivity index (χ1) is 11.9. The Bertz CT molecular complexity index is 665. The van der Waals surface area contributed by atoms with Gasteiger partial charge in [-0.15, -0.1) is 0 Å². The Hall–Kier alpha value is -2.53. The number of urea groups is 2. The third kappa shape index (κ3) is 6.47. The predicted molar refractivity (Wildman–Crippen MR) is 102 cm³/mol. The quantitative estimate of drug-likeness (QED) is 0.655. The van der Waals surface area contributed by atoms with Gasteiger partial charge in [-0.05, 0) is 37.6 Å². The number of aliphatic imine (C=N–C) groups is 1.